The molecule has 1 saturated carbocycles. The molecule has 2 heterocycles. The highest BCUT2D eigenvalue weighted by atomic mass is 16.5. The Morgan fingerprint density at radius 3 is 2.83 bits per heavy atom. The van der Waals surface area contributed by atoms with Crippen LogP contribution in [0.15, 0.2) is 34.9 Å². The van der Waals surface area contributed by atoms with Crippen LogP contribution >= 0.6 is 0 Å². The zero-order chi connectivity index (χ0) is 16.4. The fourth-order valence-electron chi connectivity index (χ4n) is 3.41. The van der Waals surface area contributed by atoms with Gasteiger partial charge in [0.2, 0.25) is 5.89 Å². The number of morpholine rings is 1. The van der Waals surface area contributed by atoms with Gasteiger partial charge < -0.3 is 15.0 Å². The summed E-state index contributed by atoms with van der Waals surface area (Å²) in [5.74, 6) is 1.29. The number of hydrogen-bond donors (Lipinski definition) is 1. The van der Waals surface area contributed by atoms with Gasteiger partial charge in [0.05, 0.1) is 24.7 Å². The Morgan fingerprint density at radius 1 is 1.25 bits per heavy atom. The van der Waals surface area contributed by atoms with E-state index in [9.17, 15) is 0 Å². The lowest BCUT2D eigenvalue weighted by Gasteiger charge is -2.34. The monoisotopic (exact) mass is 328 g/mol. The Morgan fingerprint density at radius 2 is 2.08 bits per heavy atom. The van der Waals surface area contributed by atoms with Crippen LogP contribution in [0.1, 0.15) is 36.5 Å². The van der Waals surface area contributed by atoms with E-state index in [2.05, 4.69) is 39.3 Å². The molecule has 6 nitrogen and oxygen atoms in total. The number of hydrogen-bond acceptors (Lipinski definition) is 6. The molecule has 1 aliphatic carbocycles. The second kappa shape index (κ2) is 6.63. The Bertz CT molecular complexity index is 669. The highest BCUT2D eigenvalue weighted by Gasteiger charge is 2.39. The minimum atomic E-state index is -0.367. The summed E-state index contributed by atoms with van der Waals surface area (Å²) in [7, 11) is 0. The van der Waals surface area contributed by atoms with E-state index in [1.165, 1.54) is 5.56 Å². The lowest BCUT2D eigenvalue weighted by molar-refractivity contribution is -0.0335. The third kappa shape index (κ3) is 3.36. The van der Waals surface area contributed by atoms with Gasteiger partial charge in [-0.1, -0.05) is 35.5 Å². The Hall–Kier alpha value is -1.76. The number of nitrogens with zero attached hydrogens (tertiary/aromatic N) is 3. The number of nitrogens with two attached hydrogens (primary N) is 1. The number of rotatable bonds is 5. The topological polar surface area (TPSA) is 77.4 Å². The van der Waals surface area contributed by atoms with Crippen LogP contribution < -0.4 is 5.73 Å². The minimum absolute atomic E-state index is 0.0888. The maximum absolute atomic E-state index is 6.25. The SMILES string of the molecule is NC1(c2noc(CC3CN(Cc4ccccc4)CCO3)n2)CCC1. The Kier molecular flexibility index (Phi) is 4.35. The average Bonchev–Trinajstić information content (AvgIpc) is 3.03. The second-order valence-electron chi connectivity index (χ2n) is 6.94. The Balaban J connectivity index is 1.35. The summed E-state index contributed by atoms with van der Waals surface area (Å²) in [5.41, 5.74) is 7.21. The third-order valence-corrected chi connectivity index (χ3v) is 5.03. The van der Waals surface area contributed by atoms with E-state index in [4.69, 9.17) is 15.0 Å². The van der Waals surface area contributed by atoms with Crippen LogP contribution in [0, 0.1) is 0 Å². The van der Waals surface area contributed by atoms with Gasteiger partial charge in [-0.2, -0.15) is 4.98 Å². The highest BCUT2D eigenvalue weighted by molar-refractivity contribution is 5.14. The van der Waals surface area contributed by atoms with Gasteiger partial charge in [-0.3, -0.25) is 4.90 Å². The molecule has 1 aromatic heterocycles. The van der Waals surface area contributed by atoms with Gasteiger partial charge in [0.25, 0.3) is 0 Å². The fourth-order valence-corrected chi connectivity index (χ4v) is 3.41. The van der Waals surface area contributed by atoms with Gasteiger partial charge in [0.15, 0.2) is 5.82 Å². The van der Waals surface area contributed by atoms with E-state index in [-0.39, 0.29) is 11.6 Å². The number of ether oxygens (including phenoxy) is 1. The van der Waals surface area contributed by atoms with E-state index in [1.807, 2.05) is 6.07 Å². The van der Waals surface area contributed by atoms with Crippen molar-refractivity contribution < 1.29 is 9.26 Å². The molecule has 0 bridgehead atoms. The predicted molar refractivity (Wildman–Crippen MR) is 89.2 cm³/mol. The van der Waals surface area contributed by atoms with Crippen molar-refractivity contribution in [3.05, 3.63) is 47.6 Å². The summed E-state index contributed by atoms with van der Waals surface area (Å²) in [4.78, 5) is 6.92. The van der Waals surface area contributed by atoms with E-state index >= 15 is 0 Å². The van der Waals surface area contributed by atoms with Crippen LogP contribution in [-0.4, -0.2) is 40.8 Å². The molecule has 2 aliphatic rings. The smallest absolute Gasteiger partial charge is 0.229 e. The molecule has 0 spiro atoms. The van der Waals surface area contributed by atoms with Gasteiger partial charge in [0.1, 0.15) is 0 Å². The molecule has 1 aromatic carbocycles. The molecule has 128 valence electrons. The molecule has 0 radical (unpaired) electrons. The third-order valence-electron chi connectivity index (χ3n) is 5.03. The van der Waals surface area contributed by atoms with Crippen molar-refractivity contribution >= 4 is 0 Å². The first kappa shape index (κ1) is 15.7. The quantitative estimate of drug-likeness (QED) is 0.902. The molecule has 2 N–H and O–H groups in total. The molecular formula is C18H24N4O2. The highest BCUT2D eigenvalue weighted by Crippen LogP contribution is 2.36. The number of benzene rings is 1. The molecule has 2 fully saturated rings. The molecule has 2 aromatic rings. The standard InChI is InChI=1S/C18H24N4O2/c19-18(7-4-8-18)17-20-16(24-21-17)11-15-13-22(9-10-23-15)12-14-5-2-1-3-6-14/h1-3,5-6,15H,4,7-13,19H2. The summed E-state index contributed by atoms with van der Waals surface area (Å²) in [6.45, 7) is 3.51. The lowest BCUT2D eigenvalue weighted by Crippen LogP contribution is -2.44. The van der Waals surface area contributed by atoms with Crippen LogP contribution in [0.2, 0.25) is 0 Å². The van der Waals surface area contributed by atoms with Crippen molar-refractivity contribution in [2.24, 2.45) is 5.73 Å². The first-order valence-electron chi connectivity index (χ1n) is 8.71. The van der Waals surface area contributed by atoms with Crippen molar-refractivity contribution in [3.63, 3.8) is 0 Å². The average molecular weight is 328 g/mol. The maximum Gasteiger partial charge on any atom is 0.229 e. The minimum Gasteiger partial charge on any atom is -0.375 e. The fraction of sp³-hybridized carbons (Fsp3) is 0.556. The van der Waals surface area contributed by atoms with Crippen LogP contribution in [0.4, 0.5) is 0 Å². The molecular weight excluding hydrogens is 304 g/mol. The van der Waals surface area contributed by atoms with Gasteiger partial charge in [-0.05, 0) is 24.8 Å². The van der Waals surface area contributed by atoms with E-state index in [1.54, 1.807) is 0 Å². The summed E-state index contributed by atoms with van der Waals surface area (Å²) < 4.78 is 11.3. The van der Waals surface area contributed by atoms with Gasteiger partial charge in [-0.25, -0.2) is 0 Å². The zero-order valence-corrected chi connectivity index (χ0v) is 13.9. The van der Waals surface area contributed by atoms with Crippen LogP contribution in [0.5, 0.6) is 0 Å². The van der Waals surface area contributed by atoms with E-state index in [0.29, 0.717) is 18.1 Å². The van der Waals surface area contributed by atoms with Crippen molar-refractivity contribution in [2.45, 2.75) is 43.9 Å². The molecule has 1 unspecified atom stereocenters. The second-order valence-corrected chi connectivity index (χ2v) is 6.94. The van der Waals surface area contributed by atoms with Gasteiger partial charge >= 0.3 is 0 Å². The molecule has 24 heavy (non-hydrogen) atoms. The lowest BCUT2D eigenvalue weighted by atomic mass is 9.77. The molecule has 1 atom stereocenters. The number of aromatic nitrogens is 2. The van der Waals surface area contributed by atoms with E-state index < -0.39 is 0 Å². The van der Waals surface area contributed by atoms with Gasteiger partial charge in [-0.15, -0.1) is 0 Å². The van der Waals surface area contributed by atoms with Crippen LogP contribution in [0.25, 0.3) is 0 Å². The molecule has 6 heteroatoms. The Labute approximate surface area is 142 Å². The summed E-state index contributed by atoms with van der Waals surface area (Å²) >= 11 is 0. The first-order chi connectivity index (χ1) is 11.7. The molecule has 0 amide bonds. The summed E-state index contributed by atoms with van der Waals surface area (Å²) in [5, 5.41) is 4.08. The summed E-state index contributed by atoms with van der Waals surface area (Å²) in [6.07, 6.45) is 3.76. The normalized spacial score (nSPS) is 23.8. The van der Waals surface area contributed by atoms with Crippen LogP contribution in [0.3, 0.4) is 0 Å². The summed E-state index contributed by atoms with van der Waals surface area (Å²) in [6, 6.07) is 10.5. The van der Waals surface area contributed by atoms with Crippen molar-refractivity contribution in [3.8, 4) is 0 Å². The zero-order valence-electron chi connectivity index (χ0n) is 13.9. The van der Waals surface area contributed by atoms with E-state index in [0.717, 1.165) is 45.5 Å². The predicted octanol–water partition coefficient (Wildman–Crippen LogP) is 1.85. The van der Waals surface area contributed by atoms with Gasteiger partial charge in [0, 0.05) is 19.6 Å². The largest absolute Gasteiger partial charge is 0.375 e. The van der Waals surface area contributed by atoms with Crippen molar-refractivity contribution in [1.82, 2.24) is 15.0 Å². The maximum atomic E-state index is 6.25. The molecule has 1 saturated heterocycles. The van der Waals surface area contributed by atoms with Crippen LogP contribution in [-0.2, 0) is 23.2 Å². The van der Waals surface area contributed by atoms with Crippen molar-refractivity contribution in [2.75, 3.05) is 19.7 Å². The molecule has 1 aliphatic heterocycles. The first-order valence-corrected chi connectivity index (χ1v) is 8.71. The molecule has 4 rings (SSSR count). The van der Waals surface area contributed by atoms with Crippen molar-refractivity contribution in [1.29, 1.82) is 0 Å².